The Kier molecular flexibility index (Phi) is 7.22. The van der Waals surface area contributed by atoms with E-state index in [2.05, 4.69) is 9.88 Å². The van der Waals surface area contributed by atoms with Crippen molar-refractivity contribution in [2.24, 2.45) is 0 Å². The van der Waals surface area contributed by atoms with Crippen molar-refractivity contribution in [1.29, 1.82) is 0 Å². The number of fused-ring (bicyclic) bond motifs is 1. The van der Waals surface area contributed by atoms with Crippen LogP contribution in [-0.4, -0.2) is 74.9 Å². The predicted molar refractivity (Wildman–Crippen MR) is 134 cm³/mol. The molecular weight excluding hydrogens is 460 g/mol. The van der Waals surface area contributed by atoms with Crippen molar-refractivity contribution >= 4 is 29.1 Å². The quantitative estimate of drug-likeness (QED) is 0.401. The topological polar surface area (TPSA) is 97.8 Å². The van der Waals surface area contributed by atoms with E-state index in [9.17, 15) is 9.59 Å². The van der Waals surface area contributed by atoms with E-state index in [1.807, 2.05) is 52.7 Å². The van der Waals surface area contributed by atoms with Crippen molar-refractivity contribution < 1.29 is 29.1 Å². The molecule has 5 rings (SSSR count). The third kappa shape index (κ3) is 5.38. The number of carbonyl (C=O) groups excluding carboxylic acids is 2. The molecule has 0 spiro atoms. The lowest BCUT2D eigenvalue weighted by Gasteiger charge is -2.33. The van der Waals surface area contributed by atoms with Gasteiger partial charge in [0, 0.05) is 44.5 Å². The van der Waals surface area contributed by atoms with Crippen LogP contribution in [0.4, 0.5) is 17.2 Å². The van der Waals surface area contributed by atoms with Crippen LogP contribution in [0.2, 0.25) is 0 Å². The molecule has 9 heteroatoms. The number of nitrogens with two attached hydrogens (primary N) is 1. The number of rotatable bonds is 7. The first-order valence-electron chi connectivity index (χ1n) is 12.0. The molecule has 2 N–H and O–H groups in total. The fourth-order valence-corrected chi connectivity index (χ4v) is 4.44. The van der Waals surface area contributed by atoms with E-state index in [4.69, 9.17) is 14.2 Å². The van der Waals surface area contributed by atoms with Gasteiger partial charge >= 0.3 is 5.97 Å². The molecule has 1 saturated heterocycles. The Hall–Kier alpha value is -3.79. The summed E-state index contributed by atoms with van der Waals surface area (Å²) < 4.78 is 16.0. The van der Waals surface area contributed by atoms with Crippen molar-refractivity contribution in [3.05, 3.63) is 66.4 Å². The monoisotopic (exact) mass is 489 g/mol. The van der Waals surface area contributed by atoms with Crippen molar-refractivity contribution in [2.75, 3.05) is 58.0 Å². The van der Waals surface area contributed by atoms with Gasteiger partial charge in [-0.2, -0.15) is 0 Å². The minimum atomic E-state index is -0.379. The minimum absolute atomic E-state index is 0.0397. The molecule has 1 amide bonds. The molecule has 3 aromatic rings. The Balaban J connectivity index is 1.36. The fourth-order valence-electron chi connectivity index (χ4n) is 4.44. The number of amides is 1. The Morgan fingerprint density at radius 3 is 2.72 bits per heavy atom. The summed E-state index contributed by atoms with van der Waals surface area (Å²) in [6.07, 6.45) is 1.75. The lowest BCUT2D eigenvalue weighted by Crippen LogP contribution is -2.71. The second-order valence-corrected chi connectivity index (χ2v) is 8.70. The molecule has 186 valence electrons. The van der Waals surface area contributed by atoms with Crippen molar-refractivity contribution in [1.82, 2.24) is 9.88 Å². The molecule has 0 unspecified atom stereocenters. The van der Waals surface area contributed by atoms with Crippen LogP contribution in [0.15, 0.2) is 60.8 Å². The maximum atomic E-state index is 12.7. The molecule has 1 fully saturated rings. The highest BCUT2D eigenvalue weighted by Gasteiger charge is 2.26. The Bertz CT molecular complexity index is 1260. The molecule has 36 heavy (non-hydrogen) atoms. The number of quaternary nitrogens is 1. The van der Waals surface area contributed by atoms with Gasteiger partial charge in [0.05, 0.1) is 31.6 Å². The molecule has 3 heterocycles. The van der Waals surface area contributed by atoms with E-state index in [1.165, 1.54) is 7.11 Å². The summed E-state index contributed by atoms with van der Waals surface area (Å²) in [5.41, 5.74) is 4.04. The number of methoxy groups -OCH3 is 1. The van der Waals surface area contributed by atoms with Gasteiger partial charge in [0.25, 0.3) is 5.91 Å². The highest BCUT2D eigenvalue weighted by atomic mass is 16.5. The summed E-state index contributed by atoms with van der Waals surface area (Å²) in [6.45, 7) is 4.66. The van der Waals surface area contributed by atoms with Crippen molar-refractivity contribution in [3.63, 3.8) is 0 Å². The second kappa shape index (κ2) is 10.9. The summed E-state index contributed by atoms with van der Waals surface area (Å²) in [6, 6.07) is 17.0. The Morgan fingerprint density at radius 1 is 1.06 bits per heavy atom. The van der Waals surface area contributed by atoms with Crippen molar-refractivity contribution in [3.8, 4) is 16.9 Å². The average Bonchev–Trinajstić information content (AvgIpc) is 2.92. The third-order valence-electron chi connectivity index (χ3n) is 6.38. The summed E-state index contributed by atoms with van der Waals surface area (Å²) in [4.78, 5) is 33.2. The van der Waals surface area contributed by atoms with Crippen LogP contribution in [0.3, 0.4) is 0 Å². The van der Waals surface area contributed by atoms with Crippen LogP contribution in [0.1, 0.15) is 10.4 Å². The molecule has 0 atom stereocenters. The third-order valence-corrected chi connectivity index (χ3v) is 6.38. The SMILES string of the molecule is COC(=O)c1cccc([NH2+]c2cc(-c3ccc4c(c3)N(CCN3CCOCC3)C(=O)CO4)ccn2)c1. The van der Waals surface area contributed by atoms with Gasteiger partial charge in [0.1, 0.15) is 11.4 Å². The first-order valence-corrected chi connectivity index (χ1v) is 12.0. The number of pyridine rings is 1. The van der Waals surface area contributed by atoms with Gasteiger partial charge in [-0.05, 0) is 41.5 Å². The largest absolute Gasteiger partial charge is 0.482 e. The van der Waals surface area contributed by atoms with Gasteiger partial charge in [-0.1, -0.05) is 12.1 Å². The predicted octanol–water partition coefficient (Wildman–Crippen LogP) is 2.12. The molecule has 9 nitrogen and oxygen atoms in total. The first-order chi connectivity index (χ1) is 17.6. The average molecular weight is 490 g/mol. The molecule has 2 aliphatic rings. The standard InChI is InChI=1S/C27H28N4O5/c1-34-27(33)21-3-2-4-22(15-21)29-25-17-20(7-8-28-25)19-5-6-24-23(16-19)31(26(32)18-36-24)10-9-30-11-13-35-14-12-30/h2-8,15-17H,9-14,18H2,1H3,(H,28,29)/p+1. The normalized spacial score (nSPS) is 15.8. The summed E-state index contributed by atoms with van der Waals surface area (Å²) in [7, 11) is 1.37. The summed E-state index contributed by atoms with van der Waals surface area (Å²) in [5, 5.41) is 1.91. The van der Waals surface area contributed by atoms with Crippen LogP contribution in [0, 0.1) is 0 Å². The number of benzene rings is 2. The van der Waals surface area contributed by atoms with E-state index in [0.29, 0.717) is 17.9 Å². The molecule has 2 aliphatic heterocycles. The van der Waals surface area contributed by atoms with Gasteiger partial charge in [-0.3, -0.25) is 15.0 Å². The van der Waals surface area contributed by atoms with E-state index in [0.717, 1.165) is 61.2 Å². The number of esters is 1. The van der Waals surface area contributed by atoms with E-state index in [-0.39, 0.29) is 18.5 Å². The molecule has 1 aromatic heterocycles. The zero-order valence-electron chi connectivity index (χ0n) is 20.2. The number of nitrogens with zero attached hydrogens (tertiary/aromatic N) is 3. The number of aromatic nitrogens is 1. The summed E-state index contributed by atoms with van der Waals surface area (Å²) >= 11 is 0. The van der Waals surface area contributed by atoms with Crippen LogP contribution >= 0.6 is 0 Å². The highest BCUT2D eigenvalue weighted by Crippen LogP contribution is 2.36. The van der Waals surface area contributed by atoms with Gasteiger partial charge in [-0.15, -0.1) is 0 Å². The molecule has 0 aliphatic carbocycles. The van der Waals surface area contributed by atoms with Crippen LogP contribution in [0.25, 0.3) is 11.1 Å². The lowest BCUT2D eigenvalue weighted by atomic mass is 10.0. The second-order valence-electron chi connectivity index (χ2n) is 8.70. The molecule has 0 saturated carbocycles. The number of hydrogen-bond acceptors (Lipinski definition) is 7. The summed E-state index contributed by atoms with van der Waals surface area (Å²) in [5.74, 6) is 1.04. The van der Waals surface area contributed by atoms with Gasteiger partial charge in [0.2, 0.25) is 5.82 Å². The maximum Gasteiger partial charge on any atom is 0.338 e. The van der Waals surface area contributed by atoms with Crippen molar-refractivity contribution in [2.45, 2.75) is 0 Å². The zero-order valence-corrected chi connectivity index (χ0v) is 20.2. The number of ether oxygens (including phenoxy) is 3. The smallest absolute Gasteiger partial charge is 0.338 e. The van der Waals surface area contributed by atoms with E-state index >= 15 is 0 Å². The van der Waals surface area contributed by atoms with E-state index in [1.54, 1.807) is 18.3 Å². The number of morpholine rings is 1. The van der Waals surface area contributed by atoms with Gasteiger partial charge in [-0.25, -0.2) is 9.78 Å². The maximum absolute atomic E-state index is 12.7. The number of carbonyl (C=O) groups is 2. The molecule has 0 radical (unpaired) electrons. The van der Waals surface area contributed by atoms with Crippen LogP contribution in [-0.2, 0) is 14.3 Å². The minimum Gasteiger partial charge on any atom is -0.482 e. The Labute approximate surface area is 209 Å². The van der Waals surface area contributed by atoms with Crippen LogP contribution < -0.4 is 15.0 Å². The Morgan fingerprint density at radius 2 is 1.89 bits per heavy atom. The van der Waals surface area contributed by atoms with E-state index < -0.39 is 0 Å². The molecule has 2 aromatic carbocycles. The zero-order chi connectivity index (χ0) is 24.9. The highest BCUT2D eigenvalue weighted by molar-refractivity contribution is 5.98. The number of anilines is 1. The van der Waals surface area contributed by atoms with Crippen LogP contribution in [0.5, 0.6) is 5.75 Å². The lowest BCUT2D eigenvalue weighted by molar-refractivity contribution is -0.483. The van der Waals surface area contributed by atoms with Gasteiger partial charge in [0.15, 0.2) is 6.61 Å². The first kappa shape index (κ1) is 23.9. The van der Waals surface area contributed by atoms with Gasteiger partial charge < -0.3 is 19.1 Å². The number of hydrogen-bond donors (Lipinski definition) is 1. The molecule has 0 bridgehead atoms. The molecular formula is C27H29N4O5+. The fraction of sp³-hybridized carbons (Fsp3) is 0.296.